The van der Waals surface area contributed by atoms with E-state index in [-0.39, 0.29) is 5.75 Å². The van der Waals surface area contributed by atoms with Crippen LogP contribution < -0.4 is 4.74 Å². The average molecular weight is 292 g/mol. The van der Waals surface area contributed by atoms with E-state index in [4.69, 9.17) is 9.29 Å². The first kappa shape index (κ1) is 14.8. The van der Waals surface area contributed by atoms with Gasteiger partial charge in [-0.05, 0) is 6.07 Å². The Morgan fingerprint density at radius 3 is 2.32 bits per heavy atom. The molecule has 10 nitrogen and oxygen atoms in total. The van der Waals surface area contributed by atoms with Crippen molar-refractivity contribution in [3.63, 3.8) is 0 Å². The molecule has 0 bridgehead atoms. The number of hydrogen-bond donors (Lipinski definition) is 1. The van der Waals surface area contributed by atoms with E-state index in [2.05, 4.69) is 0 Å². The second-order valence-electron chi connectivity index (χ2n) is 3.30. The molecule has 11 heteroatoms. The summed E-state index contributed by atoms with van der Waals surface area (Å²) in [4.78, 5) is 19.5. The number of ether oxygens (including phenoxy) is 1. The minimum Gasteiger partial charge on any atom is -0.486 e. The highest BCUT2D eigenvalue weighted by Crippen LogP contribution is 2.30. The normalized spacial score (nSPS) is 11.0. The molecule has 0 atom stereocenters. The lowest BCUT2D eigenvalue weighted by molar-refractivity contribution is -0.394. The van der Waals surface area contributed by atoms with Crippen molar-refractivity contribution in [2.24, 2.45) is 0 Å². The van der Waals surface area contributed by atoms with Crippen molar-refractivity contribution >= 4 is 21.5 Å². The molecule has 1 rings (SSSR count). The molecular formula is C8H8N2O8S. The average Bonchev–Trinajstić information content (AvgIpc) is 2.27. The lowest BCUT2D eigenvalue weighted by Gasteiger charge is -2.05. The van der Waals surface area contributed by atoms with Gasteiger partial charge in [-0.25, -0.2) is 0 Å². The van der Waals surface area contributed by atoms with Crippen LogP contribution in [0.4, 0.5) is 11.4 Å². The molecule has 0 saturated heterocycles. The number of nitro benzene ring substituents is 2. The molecule has 0 aromatic heterocycles. The van der Waals surface area contributed by atoms with Gasteiger partial charge in [0.15, 0.2) is 5.75 Å². The van der Waals surface area contributed by atoms with E-state index in [1.165, 1.54) is 0 Å². The zero-order valence-corrected chi connectivity index (χ0v) is 10.1. The smallest absolute Gasteiger partial charge is 0.317 e. The van der Waals surface area contributed by atoms with Gasteiger partial charge in [0.1, 0.15) is 12.4 Å². The summed E-state index contributed by atoms with van der Waals surface area (Å²) in [5.74, 6) is -1.07. The van der Waals surface area contributed by atoms with Crippen LogP contribution in [0.3, 0.4) is 0 Å². The topological polar surface area (TPSA) is 150 Å². The molecule has 0 heterocycles. The fourth-order valence-electron chi connectivity index (χ4n) is 1.14. The van der Waals surface area contributed by atoms with Crippen molar-refractivity contribution in [1.82, 2.24) is 0 Å². The summed E-state index contributed by atoms with van der Waals surface area (Å²) in [6.07, 6.45) is 0. The van der Waals surface area contributed by atoms with Crippen LogP contribution in [0.5, 0.6) is 5.75 Å². The van der Waals surface area contributed by atoms with Gasteiger partial charge < -0.3 is 4.74 Å². The predicted octanol–water partition coefficient (Wildman–Crippen LogP) is 0.770. The minimum absolute atomic E-state index is 0.320. The number of hydrogen-bond acceptors (Lipinski definition) is 7. The maximum absolute atomic E-state index is 10.7. The van der Waals surface area contributed by atoms with E-state index < -0.39 is 43.7 Å². The summed E-state index contributed by atoms with van der Waals surface area (Å²) in [6, 6.07) is 2.67. The molecular weight excluding hydrogens is 284 g/mol. The molecule has 1 aromatic rings. The summed E-state index contributed by atoms with van der Waals surface area (Å²) in [5.41, 5.74) is -1.15. The van der Waals surface area contributed by atoms with Gasteiger partial charge in [0.25, 0.3) is 15.8 Å². The molecule has 104 valence electrons. The molecule has 0 aliphatic carbocycles. The molecule has 1 aromatic carbocycles. The lowest BCUT2D eigenvalue weighted by Crippen LogP contribution is -2.13. The standard InChI is InChI=1S/C8H8N2O8S/c11-9(12)6-1-2-8(7(5-6)10(13)14)18-3-4-19(15,16)17/h1-2,5H,3-4H2,(H,15,16,17). The molecule has 1 N–H and O–H groups in total. The highest BCUT2D eigenvalue weighted by Gasteiger charge is 2.21. The van der Waals surface area contributed by atoms with Crippen molar-refractivity contribution in [3.05, 3.63) is 38.4 Å². The van der Waals surface area contributed by atoms with Gasteiger partial charge in [-0.15, -0.1) is 0 Å². The van der Waals surface area contributed by atoms with Crippen molar-refractivity contribution in [2.45, 2.75) is 0 Å². The number of nitrogens with zero attached hydrogens (tertiary/aromatic N) is 2. The number of nitro groups is 2. The zero-order valence-electron chi connectivity index (χ0n) is 9.25. The molecule has 19 heavy (non-hydrogen) atoms. The van der Waals surface area contributed by atoms with Crippen LogP contribution >= 0.6 is 0 Å². The first-order valence-corrected chi connectivity index (χ1v) is 6.32. The van der Waals surface area contributed by atoms with Gasteiger partial charge in [-0.1, -0.05) is 0 Å². The van der Waals surface area contributed by atoms with E-state index in [0.717, 1.165) is 12.1 Å². The van der Waals surface area contributed by atoms with Crippen LogP contribution in [0.1, 0.15) is 0 Å². The van der Waals surface area contributed by atoms with E-state index in [1.807, 2.05) is 0 Å². The monoisotopic (exact) mass is 292 g/mol. The zero-order chi connectivity index (χ0) is 14.6. The Bertz CT molecular complexity index is 611. The first-order chi connectivity index (χ1) is 8.70. The second kappa shape index (κ2) is 5.58. The molecule has 0 saturated carbocycles. The quantitative estimate of drug-likeness (QED) is 0.458. The molecule has 0 spiro atoms. The Hall–Kier alpha value is -2.27. The van der Waals surface area contributed by atoms with Gasteiger partial charge in [-0.3, -0.25) is 24.8 Å². The van der Waals surface area contributed by atoms with E-state index in [0.29, 0.717) is 6.07 Å². The van der Waals surface area contributed by atoms with Crippen LogP contribution in [0.2, 0.25) is 0 Å². The van der Waals surface area contributed by atoms with E-state index in [9.17, 15) is 28.6 Å². The fourth-order valence-corrected chi connectivity index (χ4v) is 1.43. The molecule has 0 amide bonds. The molecule has 0 aliphatic heterocycles. The van der Waals surface area contributed by atoms with Gasteiger partial charge >= 0.3 is 5.69 Å². The maximum Gasteiger partial charge on any atom is 0.317 e. The Balaban J connectivity index is 2.94. The van der Waals surface area contributed by atoms with Crippen LogP contribution in [0, 0.1) is 20.2 Å². The van der Waals surface area contributed by atoms with Crippen LogP contribution in [0.25, 0.3) is 0 Å². The highest BCUT2D eigenvalue weighted by atomic mass is 32.2. The third kappa shape index (κ3) is 4.48. The van der Waals surface area contributed by atoms with Crippen LogP contribution in [0.15, 0.2) is 18.2 Å². The fraction of sp³-hybridized carbons (Fsp3) is 0.250. The Labute approximate surface area is 106 Å². The summed E-state index contributed by atoms with van der Waals surface area (Å²) < 4.78 is 34.1. The summed E-state index contributed by atoms with van der Waals surface area (Å²) in [7, 11) is -4.25. The van der Waals surface area contributed by atoms with Gasteiger partial charge in [0.2, 0.25) is 0 Å². The second-order valence-corrected chi connectivity index (χ2v) is 4.87. The Kier molecular flexibility index (Phi) is 4.34. The molecule has 0 radical (unpaired) electrons. The van der Waals surface area contributed by atoms with E-state index in [1.54, 1.807) is 0 Å². The molecule has 0 fully saturated rings. The highest BCUT2D eigenvalue weighted by molar-refractivity contribution is 7.85. The largest absolute Gasteiger partial charge is 0.486 e. The summed E-state index contributed by atoms with van der Waals surface area (Å²) >= 11 is 0. The SMILES string of the molecule is O=[N+]([O-])c1ccc(OCCS(=O)(=O)O)c([N+](=O)[O-])c1. The van der Waals surface area contributed by atoms with Crippen molar-refractivity contribution in [2.75, 3.05) is 12.4 Å². The molecule has 0 aliphatic rings. The summed E-state index contributed by atoms with van der Waals surface area (Å²) in [5, 5.41) is 21.2. The number of benzene rings is 1. The van der Waals surface area contributed by atoms with Crippen molar-refractivity contribution in [1.29, 1.82) is 0 Å². The van der Waals surface area contributed by atoms with Gasteiger partial charge in [0.05, 0.1) is 15.9 Å². The Morgan fingerprint density at radius 1 is 1.21 bits per heavy atom. The number of non-ortho nitro benzene ring substituents is 1. The lowest BCUT2D eigenvalue weighted by atomic mass is 10.2. The van der Waals surface area contributed by atoms with Crippen LogP contribution in [-0.4, -0.2) is 35.2 Å². The third-order valence-corrected chi connectivity index (χ3v) is 2.63. The summed E-state index contributed by atoms with van der Waals surface area (Å²) in [6.45, 7) is -0.516. The molecule has 0 unspecified atom stereocenters. The maximum atomic E-state index is 10.7. The third-order valence-electron chi connectivity index (χ3n) is 1.95. The predicted molar refractivity (Wildman–Crippen MR) is 61.7 cm³/mol. The number of rotatable bonds is 6. The van der Waals surface area contributed by atoms with Crippen molar-refractivity contribution < 1.29 is 27.6 Å². The minimum atomic E-state index is -4.25. The first-order valence-electron chi connectivity index (χ1n) is 4.71. The van der Waals surface area contributed by atoms with Gasteiger partial charge in [-0.2, -0.15) is 8.42 Å². The van der Waals surface area contributed by atoms with E-state index >= 15 is 0 Å². The Morgan fingerprint density at radius 2 is 1.84 bits per heavy atom. The van der Waals surface area contributed by atoms with Crippen molar-refractivity contribution in [3.8, 4) is 5.75 Å². The van der Waals surface area contributed by atoms with Crippen LogP contribution in [-0.2, 0) is 10.1 Å². The van der Waals surface area contributed by atoms with Gasteiger partial charge in [0, 0.05) is 6.07 Å².